The number of nitrogens with one attached hydrogen (secondary N) is 2. The van der Waals surface area contributed by atoms with Gasteiger partial charge >= 0.3 is 0 Å². The van der Waals surface area contributed by atoms with Gasteiger partial charge in [-0.1, -0.05) is 6.58 Å². The number of amides is 1. The summed E-state index contributed by atoms with van der Waals surface area (Å²) in [6.45, 7) is 7.28. The molecule has 0 radical (unpaired) electrons. The Morgan fingerprint density at radius 1 is 1.50 bits per heavy atom. The first kappa shape index (κ1) is 15.1. The molecule has 1 aliphatic rings. The molecule has 6 nitrogen and oxygen atoms in total. The Kier molecular flexibility index (Phi) is 6.24. The summed E-state index contributed by atoms with van der Waals surface area (Å²) in [5.74, 6) is 0.474. The maximum Gasteiger partial charge on any atom is 0.246 e. The largest absolute Gasteiger partial charge is 0.355 e. The molecule has 1 amide bonds. The van der Waals surface area contributed by atoms with Crippen molar-refractivity contribution >= 4 is 35.4 Å². The number of aliphatic imine (C=N–C) groups is 1. The molecule has 0 fully saturated rings. The van der Waals surface area contributed by atoms with Crippen LogP contribution in [0, 0.1) is 0 Å². The minimum absolute atomic E-state index is 0.123. The number of rotatable bonds is 5. The third-order valence-electron chi connectivity index (χ3n) is 2.19. The fourth-order valence-corrected chi connectivity index (χ4v) is 1.71. The van der Waals surface area contributed by atoms with Crippen molar-refractivity contribution in [3.63, 3.8) is 0 Å². The molecule has 1 heterocycles. The second-order valence-corrected chi connectivity index (χ2v) is 4.79. The van der Waals surface area contributed by atoms with E-state index in [0.717, 1.165) is 6.42 Å². The van der Waals surface area contributed by atoms with E-state index in [9.17, 15) is 4.79 Å². The highest BCUT2D eigenvalue weighted by Gasteiger charge is 2.16. The van der Waals surface area contributed by atoms with Gasteiger partial charge in [0.1, 0.15) is 13.3 Å². The molecule has 0 saturated heterocycles. The van der Waals surface area contributed by atoms with Gasteiger partial charge in [-0.3, -0.25) is 4.79 Å². The van der Waals surface area contributed by atoms with Gasteiger partial charge in [-0.25, -0.2) is 9.41 Å². The maximum atomic E-state index is 11.2. The van der Waals surface area contributed by atoms with E-state index in [2.05, 4.69) is 22.2 Å². The zero-order chi connectivity index (χ0) is 13.5. The van der Waals surface area contributed by atoms with E-state index in [0.29, 0.717) is 38.0 Å². The molecule has 0 saturated carbocycles. The maximum absolute atomic E-state index is 11.2. The van der Waals surface area contributed by atoms with E-state index in [1.165, 1.54) is 8.84 Å². The van der Waals surface area contributed by atoms with Crippen molar-refractivity contribution in [3.05, 3.63) is 12.2 Å². The van der Waals surface area contributed by atoms with Gasteiger partial charge in [-0.05, 0) is 25.1 Å². The van der Waals surface area contributed by atoms with Gasteiger partial charge in [0.25, 0.3) is 0 Å². The molecule has 18 heavy (non-hydrogen) atoms. The number of hydrogen-bond donors (Lipinski definition) is 2. The molecule has 0 atom stereocenters. The number of guanidine groups is 1. The number of nitrogens with zero attached hydrogens (tertiary/aromatic N) is 3. The number of hydrogen-bond acceptors (Lipinski definition) is 5. The van der Waals surface area contributed by atoms with Crippen molar-refractivity contribution in [2.24, 2.45) is 4.99 Å². The summed E-state index contributed by atoms with van der Waals surface area (Å²) >= 11 is 11.7. The fourth-order valence-electron chi connectivity index (χ4n) is 1.25. The standard InChI is InChI=1S/C10H17Cl2N5O/c1-8(2)9(18)13-4-3-5-14-10-15-6-16(11)7-17(10)12/h1,3-7H2,2H3,(H,13,18)(H,14,15). The van der Waals surface area contributed by atoms with Gasteiger partial charge in [0.15, 0.2) is 0 Å². The average Bonchev–Trinajstić information content (AvgIpc) is 2.30. The van der Waals surface area contributed by atoms with Crippen molar-refractivity contribution in [3.8, 4) is 0 Å². The highest BCUT2D eigenvalue weighted by Crippen LogP contribution is 2.07. The molecule has 0 bridgehead atoms. The molecule has 0 aromatic rings. The predicted octanol–water partition coefficient (Wildman–Crippen LogP) is 0.855. The number of carbonyl (C=O) groups is 1. The minimum Gasteiger partial charge on any atom is -0.355 e. The Bertz CT molecular complexity index is 347. The zero-order valence-electron chi connectivity index (χ0n) is 10.2. The van der Waals surface area contributed by atoms with Crippen molar-refractivity contribution in [1.29, 1.82) is 0 Å². The Morgan fingerprint density at radius 3 is 2.83 bits per heavy atom. The van der Waals surface area contributed by atoms with Gasteiger partial charge in [-0.15, -0.1) is 0 Å². The lowest BCUT2D eigenvalue weighted by atomic mass is 10.3. The van der Waals surface area contributed by atoms with Gasteiger partial charge in [-0.2, -0.15) is 4.42 Å². The van der Waals surface area contributed by atoms with Crippen LogP contribution >= 0.6 is 23.6 Å². The molecule has 8 heteroatoms. The SMILES string of the molecule is C=C(C)C(=O)NCCCNC1=NCN(Cl)CN1Cl. The Hall–Kier alpha value is -0.980. The average molecular weight is 294 g/mol. The topological polar surface area (TPSA) is 60.0 Å². The van der Waals surface area contributed by atoms with E-state index in [-0.39, 0.29) is 5.91 Å². The summed E-state index contributed by atoms with van der Waals surface area (Å²) in [6.07, 6.45) is 0.771. The van der Waals surface area contributed by atoms with Gasteiger partial charge in [0.05, 0.1) is 0 Å². The first-order chi connectivity index (χ1) is 8.50. The summed E-state index contributed by atoms with van der Waals surface area (Å²) in [4.78, 5) is 15.3. The highest BCUT2D eigenvalue weighted by atomic mass is 35.5. The van der Waals surface area contributed by atoms with Crippen molar-refractivity contribution in [2.75, 3.05) is 26.4 Å². The molecule has 102 valence electrons. The lowest BCUT2D eigenvalue weighted by Gasteiger charge is -2.27. The zero-order valence-corrected chi connectivity index (χ0v) is 11.8. The molecule has 1 aliphatic heterocycles. The molecule has 1 rings (SSSR count). The second-order valence-electron chi connectivity index (χ2n) is 3.91. The lowest BCUT2D eigenvalue weighted by molar-refractivity contribution is -0.117. The summed E-state index contributed by atoms with van der Waals surface area (Å²) in [7, 11) is 0. The first-order valence-corrected chi connectivity index (χ1v) is 6.24. The van der Waals surface area contributed by atoms with E-state index in [1.54, 1.807) is 6.92 Å². The van der Waals surface area contributed by atoms with Crippen LogP contribution in [0.2, 0.25) is 0 Å². The molecule has 0 aromatic heterocycles. The van der Waals surface area contributed by atoms with Crippen LogP contribution in [-0.2, 0) is 4.79 Å². The van der Waals surface area contributed by atoms with Crippen molar-refractivity contribution < 1.29 is 4.79 Å². The van der Waals surface area contributed by atoms with E-state index in [4.69, 9.17) is 23.6 Å². The van der Waals surface area contributed by atoms with Crippen LogP contribution in [0.4, 0.5) is 0 Å². The molecular formula is C10H17Cl2N5O. The van der Waals surface area contributed by atoms with Gasteiger partial charge in [0.2, 0.25) is 11.9 Å². The summed E-state index contributed by atoms with van der Waals surface area (Å²) in [5.41, 5.74) is 0.508. The summed E-state index contributed by atoms with van der Waals surface area (Å²) < 4.78 is 2.87. The van der Waals surface area contributed by atoms with Crippen LogP contribution in [0.1, 0.15) is 13.3 Å². The monoisotopic (exact) mass is 293 g/mol. The Labute approximate surface area is 117 Å². The van der Waals surface area contributed by atoms with E-state index < -0.39 is 0 Å². The van der Waals surface area contributed by atoms with Crippen LogP contribution < -0.4 is 10.6 Å². The van der Waals surface area contributed by atoms with Crippen molar-refractivity contribution in [2.45, 2.75) is 13.3 Å². The van der Waals surface area contributed by atoms with E-state index >= 15 is 0 Å². The van der Waals surface area contributed by atoms with Crippen LogP contribution in [0.3, 0.4) is 0 Å². The third-order valence-corrected chi connectivity index (χ3v) is 2.67. The molecule has 0 spiro atoms. The van der Waals surface area contributed by atoms with Gasteiger partial charge in [0, 0.05) is 30.4 Å². The predicted molar refractivity (Wildman–Crippen MR) is 73.0 cm³/mol. The molecule has 2 N–H and O–H groups in total. The number of halogens is 2. The third kappa shape index (κ3) is 5.12. The quantitative estimate of drug-likeness (QED) is 0.448. The highest BCUT2D eigenvalue weighted by molar-refractivity contribution is 6.22. The van der Waals surface area contributed by atoms with Crippen molar-refractivity contribution in [1.82, 2.24) is 19.5 Å². The number of carbonyl (C=O) groups excluding carboxylic acids is 1. The second kappa shape index (κ2) is 7.45. The van der Waals surface area contributed by atoms with Crippen LogP contribution in [0.25, 0.3) is 0 Å². The normalized spacial score (nSPS) is 16.2. The smallest absolute Gasteiger partial charge is 0.246 e. The molecular weight excluding hydrogens is 277 g/mol. The molecule has 0 aromatic carbocycles. The summed E-state index contributed by atoms with van der Waals surface area (Å²) in [5, 5.41) is 5.82. The first-order valence-electron chi connectivity index (χ1n) is 5.56. The van der Waals surface area contributed by atoms with E-state index in [1.807, 2.05) is 0 Å². The minimum atomic E-state index is -0.123. The molecule has 0 unspecified atom stereocenters. The Morgan fingerprint density at radius 2 is 2.22 bits per heavy atom. The molecule has 0 aliphatic carbocycles. The van der Waals surface area contributed by atoms with Crippen LogP contribution in [0.15, 0.2) is 17.1 Å². The van der Waals surface area contributed by atoms with Crippen LogP contribution in [0.5, 0.6) is 0 Å². The lowest BCUT2D eigenvalue weighted by Crippen LogP contribution is -2.44. The van der Waals surface area contributed by atoms with Crippen LogP contribution in [-0.4, -0.2) is 47.1 Å². The van der Waals surface area contributed by atoms with Gasteiger partial charge < -0.3 is 10.6 Å². The summed E-state index contributed by atoms with van der Waals surface area (Å²) in [6, 6.07) is 0. The fraction of sp³-hybridized carbons (Fsp3) is 0.600. The Balaban J connectivity index is 2.15.